The molecule has 0 aliphatic heterocycles. The van der Waals surface area contributed by atoms with Gasteiger partial charge in [0.15, 0.2) is 0 Å². The zero-order valence-corrected chi connectivity index (χ0v) is 12.6. The molecular formula is C18H16N2O3. The zero-order chi connectivity index (χ0) is 16.2. The molecule has 0 bridgehead atoms. The Morgan fingerprint density at radius 3 is 2.39 bits per heavy atom. The number of rotatable bonds is 5. The summed E-state index contributed by atoms with van der Waals surface area (Å²) in [5.74, 6) is -0.527. The van der Waals surface area contributed by atoms with E-state index in [9.17, 15) is 9.90 Å². The Hall–Kier alpha value is -3.08. The minimum absolute atomic E-state index is 0.497. The van der Waals surface area contributed by atoms with Gasteiger partial charge in [-0.05, 0) is 37.3 Å². The maximum atomic E-state index is 11.5. The fourth-order valence-electron chi connectivity index (χ4n) is 2.30. The molecule has 5 heteroatoms. The smallest absolute Gasteiger partial charge is 0.349 e. The van der Waals surface area contributed by atoms with Crippen molar-refractivity contribution in [2.75, 3.05) is 0 Å². The van der Waals surface area contributed by atoms with Crippen LogP contribution in [-0.4, -0.2) is 21.3 Å². The molecule has 1 aromatic heterocycles. The lowest BCUT2D eigenvalue weighted by atomic mass is 10.1. The van der Waals surface area contributed by atoms with Gasteiger partial charge in [-0.15, -0.1) is 0 Å². The maximum Gasteiger partial charge on any atom is 0.349 e. The molecule has 0 radical (unpaired) electrons. The number of hydrogen-bond acceptors (Lipinski definition) is 3. The third-order valence-electron chi connectivity index (χ3n) is 3.44. The van der Waals surface area contributed by atoms with E-state index in [-0.39, 0.29) is 0 Å². The van der Waals surface area contributed by atoms with Crippen molar-refractivity contribution in [1.29, 1.82) is 0 Å². The van der Waals surface area contributed by atoms with Crippen LogP contribution in [0.4, 0.5) is 0 Å². The normalized spacial score (nSPS) is 11.9. The van der Waals surface area contributed by atoms with Crippen LogP contribution in [0.2, 0.25) is 0 Å². The summed E-state index contributed by atoms with van der Waals surface area (Å²) in [7, 11) is 0. The van der Waals surface area contributed by atoms with Crippen LogP contribution < -0.4 is 4.74 Å². The number of aromatic nitrogens is 2. The molecule has 0 saturated carbocycles. The summed E-state index contributed by atoms with van der Waals surface area (Å²) in [5, 5.41) is 16.5. The number of hydrogen-bond donors (Lipinski definition) is 2. The van der Waals surface area contributed by atoms with E-state index in [1.807, 2.05) is 31.2 Å². The Bertz CT molecular complexity index is 795. The average molecular weight is 308 g/mol. The van der Waals surface area contributed by atoms with E-state index < -0.39 is 12.1 Å². The molecule has 1 heterocycles. The van der Waals surface area contributed by atoms with Gasteiger partial charge in [0, 0.05) is 16.8 Å². The second-order valence-electron chi connectivity index (χ2n) is 5.21. The van der Waals surface area contributed by atoms with Crippen molar-refractivity contribution < 1.29 is 14.6 Å². The number of benzene rings is 2. The van der Waals surface area contributed by atoms with E-state index in [4.69, 9.17) is 4.74 Å². The third kappa shape index (κ3) is 3.40. The summed E-state index contributed by atoms with van der Waals surface area (Å²) in [6.45, 7) is 1.94. The van der Waals surface area contributed by atoms with Crippen LogP contribution in [0, 0.1) is 6.92 Å². The summed E-state index contributed by atoms with van der Waals surface area (Å²) in [4.78, 5) is 11.5. The quantitative estimate of drug-likeness (QED) is 0.755. The molecule has 3 rings (SSSR count). The van der Waals surface area contributed by atoms with Gasteiger partial charge in [-0.25, -0.2) is 4.79 Å². The second-order valence-corrected chi connectivity index (χ2v) is 5.21. The number of nitrogens with zero attached hydrogens (tertiary/aromatic N) is 1. The summed E-state index contributed by atoms with van der Waals surface area (Å²) in [6.07, 6.45) is -1.03. The SMILES string of the molecule is Cc1cc(-c2ccc(OC(C(=O)O)c3ccccc3)cc2)n[nH]1. The second kappa shape index (κ2) is 6.36. The number of aryl methyl sites for hydroxylation is 1. The number of carboxylic acid groups (broad SMARTS) is 1. The minimum atomic E-state index is -1.03. The molecule has 23 heavy (non-hydrogen) atoms. The first-order valence-corrected chi connectivity index (χ1v) is 7.20. The molecule has 2 N–H and O–H groups in total. The maximum absolute atomic E-state index is 11.5. The highest BCUT2D eigenvalue weighted by atomic mass is 16.5. The lowest BCUT2D eigenvalue weighted by molar-refractivity contribution is -0.145. The van der Waals surface area contributed by atoms with E-state index in [0.29, 0.717) is 11.3 Å². The largest absolute Gasteiger partial charge is 0.478 e. The lowest BCUT2D eigenvalue weighted by Gasteiger charge is -2.15. The van der Waals surface area contributed by atoms with E-state index in [0.717, 1.165) is 17.0 Å². The van der Waals surface area contributed by atoms with Crippen molar-refractivity contribution in [2.45, 2.75) is 13.0 Å². The van der Waals surface area contributed by atoms with Gasteiger partial charge in [0.25, 0.3) is 0 Å². The Kier molecular flexibility index (Phi) is 4.10. The molecule has 1 unspecified atom stereocenters. The summed E-state index contributed by atoms with van der Waals surface area (Å²) in [6, 6.07) is 18.0. The lowest BCUT2D eigenvalue weighted by Crippen LogP contribution is -2.18. The van der Waals surface area contributed by atoms with Crippen molar-refractivity contribution in [3.8, 4) is 17.0 Å². The average Bonchev–Trinajstić information content (AvgIpc) is 3.00. The number of carbonyl (C=O) groups is 1. The van der Waals surface area contributed by atoms with Crippen molar-refractivity contribution in [3.63, 3.8) is 0 Å². The molecule has 0 aliphatic carbocycles. The standard InChI is InChI=1S/C18H16N2O3/c1-12-11-16(20-19-12)13-7-9-15(10-8-13)23-17(18(21)22)14-5-3-2-4-6-14/h2-11,17H,1H3,(H,19,20)(H,21,22). The molecule has 1 atom stereocenters. The first-order chi connectivity index (χ1) is 11.1. The highest BCUT2D eigenvalue weighted by Crippen LogP contribution is 2.25. The highest BCUT2D eigenvalue weighted by molar-refractivity contribution is 5.75. The highest BCUT2D eigenvalue weighted by Gasteiger charge is 2.21. The van der Waals surface area contributed by atoms with Gasteiger partial charge in [-0.1, -0.05) is 30.3 Å². The number of H-pyrrole nitrogens is 1. The Balaban J connectivity index is 1.80. The van der Waals surface area contributed by atoms with Crippen molar-refractivity contribution in [3.05, 3.63) is 71.9 Å². The van der Waals surface area contributed by atoms with Gasteiger partial charge in [0.2, 0.25) is 6.10 Å². The van der Waals surface area contributed by atoms with Crippen LogP contribution in [0.25, 0.3) is 11.3 Å². The molecule has 0 amide bonds. The van der Waals surface area contributed by atoms with Gasteiger partial charge in [0.1, 0.15) is 5.75 Å². The van der Waals surface area contributed by atoms with Crippen LogP contribution in [0.5, 0.6) is 5.75 Å². The fraction of sp³-hybridized carbons (Fsp3) is 0.111. The Morgan fingerprint density at radius 2 is 1.83 bits per heavy atom. The van der Waals surface area contributed by atoms with Gasteiger partial charge >= 0.3 is 5.97 Å². The third-order valence-corrected chi connectivity index (χ3v) is 3.44. The summed E-state index contributed by atoms with van der Waals surface area (Å²) < 4.78 is 5.63. The molecule has 2 aromatic carbocycles. The Morgan fingerprint density at radius 1 is 1.13 bits per heavy atom. The number of carboxylic acids is 1. The predicted molar refractivity (Wildman–Crippen MR) is 86.2 cm³/mol. The molecule has 5 nitrogen and oxygen atoms in total. The number of aliphatic carboxylic acids is 1. The molecule has 0 fully saturated rings. The van der Waals surface area contributed by atoms with E-state index in [1.165, 1.54) is 0 Å². The molecule has 3 aromatic rings. The van der Waals surface area contributed by atoms with Crippen LogP contribution >= 0.6 is 0 Å². The molecule has 0 aliphatic rings. The van der Waals surface area contributed by atoms with Crippen LogP contribution in [-0.2, 0) is 4.79 Å². The van der Waals surface area contributed by atoms with Gasteiger partial charge in [-0.2, -0.15) is 5.10 Å². The fourth-order valence-corrected chi connectivity index (χ4v) is 2.30. The van der Waals surface area contributed by atoms with Gasteiger partial charge in [0.05, 0.1) is 5.69 Å². The zero-order valence-electron chi connectivity index (χ0n) is 12.6. The molecule has 0 saturated heterocycles. The van der Waals surface area contributed by atoms with Crippen molar-refractivity contribution in [1.82, 2.24) is 10.2 Å². The summed E-state index contributed by atoms with van der Waals surface area (Å²) >= 11 is 0. The molecular weight excluding hydrogens is 292 g/mol. The number of ether oxygens (including phenoxy) is 1. The van der Waals surface area contributed by atoms with E-state index >= 15 is 0 Å². The number of nitrogens with one attached hydrogen (secondary N) is 1. The van der Waals surface area contributed by atoms with Gasteiger partial charge < -0.3 is 9.84 Å². The monoisotopic (exact) mass is 308 g/mol. The topological polar surface area (TPSA) is 75.2 Å². The Labute approximate surface area is 133 Å². The van der Waals surface area contributed by atoms with E-state index in [1.54, 1.807) is 36.4 Å². The van der Waals surface area contributed by atoms with Crippen LogP contribution in [0.15, 0.2) is 60.7 Å². The minimum Gasteiger partial charge on any atom is -0.478 e. The first-order valence-electron chi connectivity index (χ1n) is 7.20. The molecule has 116 valence electrons. The predicted octanol–water partition coefficient (Wildman–Crippen LogP) is 3.59. The summed E-state index contributed by atoms with van der Waals surface area (Å²) in [5.41, 5.74) is 3.36. The van der Waals surface area contributed by atoms with Crippen molar-refractivity contribution in [2.24, 2.45) is 0 Å². The first kappa shape index (κ1) is 14.8. The van der Waals surface area contributed by atoms with Gasteiger partial charge in [-0.3, -0.25) is 5.10 Å². The van der Waals surface area contributed by atoms with Crippen LogP contribution in [0.3, 0.4) is 0 Å². The number of aromatic amines is 1. The van der Waals surface area contributed by atoms with Crippen LogP contribution in [0.1, 0.15) is 17.4 Å². The molecule has 0 spiro atoms. The van der Waals surface area contributed by atoms with E-state index in [2.05, 4.69) is 10.2 Å². The van der Waals surface area contributed by atoms with Crippen molar-refractivity contribution >= 4 is 5.97 Å².